The molecule has 0 fully saturated rings. The van der Waals surface area contributed by atoms with Gasteiger partial charge in [0.05, 0.1) is 97.5 Å². The van der Waals surface area contributed by atoms with E-state index >= 15 is 0 Å². The highest BCUT2D eigenvalue weighted by Gasteiger charge is 2.17. The van der Waals surface area contributed by atoms with Crippen molar-refractivity contribution in [2.45, 2.75) is 217 Å². The van der Waals surface area contributed by atoms with Gasteiger partial charge >= 0.3 is 0 Å². The van der Waals surface area contributed by atoms with Gasteiger partial charge in [0.1, 0.15) is 0 Å². The van der Waals surface area contributed by atoms with E-state index < -0.39 is 20.2 Å². The predicted octanol–water partition coefficient (Wildman–Crippen LogP) is 14.7. The Labute approximate surface area is 690 Å². The zero-order chi connectivity index (χ0) is 80.3. The molecule has 0 unspecified atom stereocenters. The Morgan fingerprint density at radius 1 is 0.432 bits per heavy atom. The van der Waals surface area contributed by atoms with Crippen LogP contribution in [0.2, 0.25) is 0 Å². The normalized spacial score (nSPS) is 9.99. The van der Waals surface area contributed by atoms with Gasteiger partial charge in [0.25, 0.3) is 20.2 Å². The Morgan fingerprint density at radius 2 is 0.667 bits per heavy atom. The lowest BCUT2D eigenvalue weighted by molar-refractivity contribution is -0.120. The Bertz CT molecular complexity index is 2850. The number of hydrogen-bond acceptors (Lipinski definition) is 22. The summed E-state index contributed by atoms with van der Waals surface area (Å²) >= 11 is 5.46. The second kappa shape index (κ2) is 89.1. The number of carbonyl (C=O) groups is 4. The van der Waals surface area contributed by atoms with Gasteiger partial charge in [-0.3, -0.25) is 42.2 Å². The summed E-state index contributed by atoms with van der Waals surface area (Å²) in [7, 11) is -7.03. The van der Waals surface area contributed by atoms with Gasteiger partial charge in [0.15, 0.2) is 23.1 Å². The van der Waals surface area contributed by atoms with Crippen molar-refractivity contribution in [1.82, 2.24) is 30.8 Å². The number of aryl methyl sites for hydroxylation is 8. The quantitative estimate of drug-likeness (QED) is 0.0104. The van der Waals surface area contributed by atoms with E-state index in [1.807, 2.05) is 77.9 Å². The van der Waals surface area contributed by atoms with Gasteiger partial charge in [0.2, 0.25) is 0 Å². The maximum atomic E-state index is 12.7. The molecule has 0 atom stereocenters. The number of nitrogens with one attached hydrogen (secondary N) is 3. The van der Waals surface area contributed by atoms with Crippen LogP contribution in [-0.4, -0.2) is 241 Å². The molecule has 0 aliphatic carbocycles. The molecule has 0 saturated heterocycles. The van der Waals surface area contributed by atoms with Crippen molar-refractivity contribution in [3.05, 3.63) is 140 Å². The minimum atomic E-state index is -3.52. The zero-order valence-electron chi connectivity index (χ0n) is 68.0. The lowest BCUT2D eigenvalue weighted by atomic mass is 9.98. The van der Waals surface area contributed by atoms with Crippen molar-refractivity contribution in [1.29, 1.82) is 0 Å². The van der Waals surface area contributed by atoms with Crippen LogP contribution in [-0.2, 0) is 87.8 Å². The highest BCUT2D eigenvalue weighted by Crippen LogP contribution is 2.18. The second-order valence-electron chi connectivity index (χ2n) is 23.3. The first-order chi connectivity index (χ1) is 49.3. The first-order valence-electron chi connectivity index (χ1n) is 36.9. The molecule has 0 radical (unpaired) electrons. The van der Waals surface area contributed by atoms with Crippen molar-refractivity contribution < 1.29 is 70.3 Å². The van der Waals surface area contributed by atoms with Crippen molar-refractivity contribution in [3.8, 4) is 0 Å². The number of nitrogens with zero attached hydrogens (tertiary/aromatic N) is 3. The molecule has 111 heavy (non-hydrogen) atoms. The smallest absolute Gasteiger partial charge is 0.264 e. The Morgan fingerprint density at radius 3 is 0.874 bits per heavy atom. The molecule has 0 aliphatic rings. The molecule has 4 aromatic rings. The number of ketones is 4. The van der Waals surface area contributed by atoms with Crippen LogP contribution in [0.25, 0.3) is 0 Å². The average molecular weight is 1640 g/mol. The second-order valence-corrected chi connectivity index (χ2v) is 26.8. The number of benzene rings is 4. The summed E-state index contributed by atoms with van der Waals surface area (Å²) in [5.74, 6) is 0.942. The summed E-state index contributed by atoms with van der Waals surface area (Å²) in [6, 6.07) is 24.6. The number of rotatable bonds is 43. The summed E-state index contributed by atoms with van der Waals surface area (Å²) < 4.78 is 67.4. The van der Waals surface area contributed by atoms with E-state index in [0.717, 1.165) is 121 Å². The van der Waals surface area contributed by atoms with E-state index in [1.54, 1.807) is 6.92 Å². The highest BCUT2D eigenvalue weighted by atomic mass is 35.5. The molecule has 22 nitrogen and oxygen atoms in total. The number of halogens is 1. The van der Waals surface area contributed by atoms with Gasteiger partial charge in [0, 0.05) is 66.3 Å². The summed E-state index contributed by atoms with van der Waals surface area (Å²) in [4.78, 5) is 60.2. The van der Waals surface area contributed by atoms with Crippen LogP contribution in [0.4, 0.5) is 0 Å². The van der Waals surface area contributed by atoms with Crippen molar-refractivity contribution in [2.24, 2.45) is 5.73 Å². The maximum Gasteiger partial charge on any atom is 0.264 e. The molecular weight excluding hydrogens is 1470 g/mol. The fourth-order valence-electron chi connectivity index (χ4n) is 9.26. The lowest BCUT2D eigenvalue weighted by Crippen LogP contribution is -2.35. The predicted molar refractivity (Wildman–Crippen MR) is 481 cm³/mol. The molecule has 4 aromatic carbocycles. The largest absolute Gasteiger partial charge is 0.394 e. The van der Waals surface area contributed by atoms with E-state index in [-0.39, 0.29) is 115 Å². The molecule has 25 heteroatoms. The van der Waals surface area contributed by atoms with Crippen molar-refractivity contribution in [2.75, 3.05) is 176 Å². The lowest BCUT2D eigenvalue weighted by Gasteiger charge is -2.22. The van der Waals surface area contributed by atoms with Crippen LogP contribution in [0.3, 0.4) is 0 Å². The average Bonchev–Trinajstić information content (AvgIpc) is 0.883. The molecule has 0 heterocycles. The Kier molecular flexibility index (Phi) is 106. The number of alkyl halides is 1. The first-order valence-corrected chi connectivity index (χ1v) is 40.3. The fraction of sp³-hybridized carbons (Fsp3) is 0.674. The minimum Gasteiger partial charge on any atom is -0.394 e. The van der Waals surface area contributed by atoms with Crippen LogP contribution < -0.4 is 21.8 Å². The fourth-order valence-corrected chi connectivity index (χ4v) is 10.1. The number of hydrogen-bond donors (Lipinski definition) is 6. The third-order valence-electron chi connectivity index (χ3n) is 14.7. The van der Waals surface area contributed by atoms with Gasteiger partial charge < -0.3 is 40.9 Å². The summed E-state index contributed by atoms with van der Waals surface area (Å²) in [5, 5.41) is 21.6. The molecule has 7 N–H and O–H groups in total. The van der Waals surface area contributed by atoms with E-state index in [4.69, 9.17) is 43.2 Å². The van der Waals surface area contributed by atoms with Crippen LogP contribution in [0.15, 0.2) is 72.8 Å². The molecule has 660 valence electrons. The summed E-state index contributed by atoms with van der Waals surface area (Å²) in [6.07, 6.45) is 3.69. The Balaban J connectivity index is -0.000000101. The third kappa shape index (κ3) is 78.8. The molecule has 0 aliphatic heterocycles. The van der Waals surface area contributed by atoms with E-state index in [9.17, 15) is 36.0 Å². The number of hydroxylamine groups is 1. The monoisotopic (exact) mass is 1640 g/mol. The van der Waals surface area contributed by atoms with Crippen molar-refractivity contribution >= 4 is 55.0 Å². The molecule has 0 amide bonds. The van der Waals surface area contributed by atoms with Crippen LogP contribution in [0.1, 0.15) is 204 Å². The van der Waals surface area contributed by atoms with Crippen LogP contribution >= 0.6 is 11.6 Å². The summed E-state index contributed by atoms with van der Waals surface area (Å²) in [5.41, 5.74) is 21.7. The number of carbonyl (C=O) groups excluding carboxylic acids is 4. The number of nitrogens with two attached hydrogens (primary N) is 1. The minimum absolute atomic E-state index is 0. The highest BCUT2D eigenvalue weighted by molar-refractivity contribution is 7.86. The van der Waals surface area contributed by atoms with Crippen molar-refractivity contribution in [3.63, 3.8) is 0 Å². The molecule has 0 bridgehead atoms. The van der Waals surface area contributed by atoms with Gasteiger partial charge in [-0.15, -0.1) is 11.6 Å². The Hall–Kier alpha value is -4.81. The van der Waals surface area contributed by atoms with Gasteiger partial charge in [-0.1, -0.05) is 208 Å². The summed E-state index contributed by atoms with van der Waals surface area (Å²) in [6.45, 7) is 51.1. The van der Waals surface area contributed by atoms with Crippen LogP contribution in [0, 0.1) is 55.4 Å². The number of likely N-dealkylation sites (N-methyl/N-ethyl adjacent to an activating group) is 5. The number of aliphatic hydroxyl groups is 2. The maximum absolute atomic E-state index is 12.7. The van der Waals surface area contributed by atoms with E-state index in [0.29, 0.717) is 72.0 Å². The first kappa shape index (κ1) is 132. The number of aliphatic hydroxyl groups excluding tert-OH is 2. The topological polar surface area (TPSA) is 295 Å². The molecular formula is C86H172ClN7O15S2. The van der Waals surface area contributed by atoms with Gasteiger partial charge in [-0.25, -0.2) is 5.48 Å². The molecule has 0 aromatic heterocycles. The van der Waals surface area contributed by atoms with E-state index in [2.05, 4.69) is 152 Å². The van der Waals surface area contributed by atoms with Gasteiger partial charge in [-0.2, -0.15) is 16.8 Å². The molecule has 4 rings (SSSR count). The third-order valence-corrected chi connectivity index (χ3v) is 16.2. The number of ether oxygens (including phenoxy) is 2. The SMILES string of the molecule is C.C.C.C.C.C.C.C.CC.CCN.CCN(CCOCCN(CC)CC(=O)Cc1c(C)cccc1C)CC(=O)Cc1c(C)cccc1C.CCNCCOCCN(CC)CC(=O)Cc1c(C)cccc1C.CCNCCONCC.CS(=O)(=O)OCCOS(C)(=O)=O.Cc1cccc(C)c1CC(=O)CCl.OCCO.[2H]CC. The van der Waals surface area contributed by atoms with E-state index in [1.165, 1.54) is 50.1 Å². The standard InChI is InChI=1S/C30H44N2O3.C19H32N2O2.C11H13ClO.C6H16N2O.C4H10O6S2.C2H7N.C2H6O2.2C2H6.8CH4/c1-7-31(21-27(33)19-29-23(3)11-9-12-24(29)4)15-17-35-18-16-32(8-2)22-28(34)20-30-25(5)13-10-14-26(30)6;1-5-20-10-12-23-13-11-21(6-2)15-18(22)14-19-16(3)8-7-9-17(19)4;1-8-4-3-5-9(2)11(8)6-10(13)7-12;1-3-7-5-6-9-8-4-2;1-11(5,6)9-3-4-10-12(2,7)8;1-2-3;3-1-2-4;2*1-2;;;;;;;;/h9-14H,7-8,15-22H2,1-6H3;7-9,20H,5-6,10-15H2,1-4H3;3-5H,6-7H2,1-2H3;7-8H,3-6H2,1-2H3;3-4H2,1-2H3;2-3H2,1H3;3-4H,1-2H2;2*1-2H3;8*1H4/i;;;;;;;1D;;;;;;;;;. The number of Topliss-reactive ketones (excluding diaryl/α,β-unsaturated/α-hetero) is 4. The molecule has 0 spiro atoms. The molecule has 0 saturated carbocycles. The van der Waals surface area contributed by atoms with Crippen LogP contribution in [0.5, 0.6) is 0 Å². The zero-order valence-corrected chi connectivity index (χ0v) is 69.3. The van der Waals surface area contributed by atoms with Gasteiger partial charge in [-0.05, 0) is 161 Å².